The lowest BCUT2D eigenvalue weighted by Crippen LogP contribution is -2.29. The van der Waals surface area contributed by atoms with Crippen LogP contribution in [0.15, 0.2) is 300 Å². The third-order valence-corrected chi connectivity index (χ3v) is 17.4. The van der Waals surface area contributed by atoms with E-state index < -0.39 is 5.41 Å². The van der Waals surface area contributed by atoms with Crippen LogP contribution in [0.4, 0.5) is 34.1 Å². The van der Waals surface area contributed by atoms with Crippen molar-refractivity contribution in [2.45, 2.75) is 19.3 Å². The number of para-hydroxylation sites is 6. The largest absolute Gasteiger partial charge is 0.453 e. The van der Waals surface area contributed by atoms with E-state index in [2.05, 4.69) is 315 Å². The standard InChI is InChI=1S/C79H54N2O2/c1-51-25-15-17-35-58(51)62-39-21-41-64-66-43-23-45-71(77(66)82-75(62)64)80(55-31-11-5-12-32-55)57-47-48-68-69(49-57)79(53-27-7-3-8-28-53,54-29-9-4-10-30-54)70-50-73(60-37-19-20-38-61(60)74(68)70)81(56-33-13-6-14-34-56)72-46-24-44-67-65-42-22-40-63(76(65)83-78(67)72)59-36-18-16-26-52(59)2/h3-50H,1-2H3. The van der Waals surface area contributed by atoms with Crippen molar-refractivity contribution in [1.29, 1.82) is 0 Å². The predicted octanol–water partition coefficient (Wildman–Crippen LogP) is 21.9. The molecule has 0 spiro atoms. The summed E-state index contributed by atoms with van der Waals surface area (Å²) in [5.41, 5.74) is 22.7. The van der Waals surface area contributed by atoms with E-state index in [1.165, 1.54) is 49.9 Å². The van der Waals surface area contributed by atoms with E-state index in [1.54, 1.807) is 0 Å². The van der Waals surface area contributed by atoms with Crippen LogP contribution in [0.25, 0.3) is 88.0 Å². The third kappa shape index (κ3) is 7.39. The van der Waals surface area contributed by atoms with Crippen LogP contribution >= 0.6 is 0 Å². The van der Waals surface area contributed by atoms with Gasteiger partial charge in [0.25, 0.3) is 0 Å². The Morgan fingerprint density at radius 1 is 0.265 bits per heavy atom. The normalized spacial score (nSPS) is 12.6. The number of fused-ring (bicyclic) bond motifs is 11. The Labute approximate surface area is 482 Å². The Morgan fingerprint density at radius 2 is 0.675 bits per heavy atom. The molecular formula is C79H54N2O2. The van der Waals surface area contributed by atoms with Crippen molar-refractivity contribution < 1.29 is 8.83 Å². The van der Waals surface area contributed by atoms with Crippen molar-refractivity contribution in [3.8, 4) is 33.4 Å². The lowest BCUT2D eigenvalue weighted by Gasteiger charge is -2.36. The summed E-state index contributed by atoms with van der Waals surface area (Å²) >= 11 is 0. The average molecular weight is 1060 g/mol. The van der Waals surface area contributed by atoms with Gasteiger partial charge in [0.2, 0.25) is 0 Å². The number of benzene rings is 13. The highest BCUT2D eigenvalue weighted by Crippen LogP contribution is 2.61. The predicted molar refractivity (Wildman–Crippen MR) is 346 cm³/mol. The van der Waals surface area contributed by atoms with Gasteiger partial charge in [-0.15, -0.1) is 0 Å². The van der Waals surface area contributed by atoms with Gasteiger partial charge in [0.15, 0.2) is 11.2 Å². The van der Waals surface area contributed by atoms with Gasteiger partial charge in [0.1, 0.15) is 11.2 Å². The number of hydrogen-bond donors (Lipinski definition) is 0. The van der Waals surface area contributed by atoms with Gasteiger partial charge in [-0.3, -0.25) is 0 Å². The van der Waals surface area contributed by atoms with Crippen LogP contribution in [0.1, 0.15) is 33.4 Å². The Kier molecular flexibility index (Phi) is 11.2. The zero-order valence-electron chi connectivity index (χ0n) is 45.9. The van der Waals surface area contributed by atoms with Crippen LogP contribution in [-0.4, -0.2) is 0 Å². The second kappa shape index (κ2) is 19.3. The molecule has 1 aliphatic rings. The SMILES string of the molecule is Cc1ccccc1-c1cccc2c1oc1c(N(c3ccccc3)c3ccc4c(c3)C(c3ccccc3)(c3ccccc3)c3cc(N(c5ccccc5)c5cccc6c5oc5c(-c7ccccc7C)cccc56)c5ccccc5c3-4)cccc12. The molecule has 15 aromatic rings. The number of hydrogen-bond acceptors (Lipinski definition) is 4. The smallest absolute Gasteiger partial charge is 0.159 e. The van der Waals surface area contributed by atoms with Crippen LogP contribution in [0.2, 0.25) is 0 Å². The third-order valence-electron chi connectivity index (χ3n) is 17.4. The lowest BCUT2D eigenvalue weighted by atomic mass is 9.67. The van der Waals surface area contributed by atoms with Gasteiger partial charge in [-0.25, -0.2) is 0 Å². The molecule has 392 valence electrons. The first-order valence-corrected chi connectivity index (χ1v) is 28.6. The molecule has 2 aromatic heterocycles. The molecule has 0 N–H and O–H groups in total. The van der Waals surface area contributed by atoms with Gasteiger partial charge in [-0.2, -0.15) is 0 Å². The molecule has 0 atom stereocenters. The zero-order chi connectivity index (χ0) is 55.2. The fraction of sp³-hybridized carbons (Fsp3) is 0.0380. The minimum atomic E-state index is -0.797. The highest BCUT2D eigenvalue weighted by Gasteiger charge is 2.48. The van der Waals surface area contributed by atoms with E-state index in [9.17, 15) is 0 Å². The number of furan rings is 2. The molecule has 0 radical (unpaired) electrons. The fourth-order valence-electron chi connectivity index (χ4n) is 13.8. The molecule has 0 fully saturated rings. The van der Waals surface area contributed by atoms with Gasteiger partial charge in [0.05, 0.1) is 22.5 Å². The first-order chi connectivity index (χ1) is 41.0. The van der Waals surface area contributed by atoms with Crippen LogP contribution < -0.4 is 9.80 Å². The lowest BCUT2D eigenvalue weighted by molar-refractivity contribution is 0.670. The van der Waals surface area contributed by atoms with E-state index in [1.807, 2.05) is 0 Å². The molecule has 4 heteroatoms. The van der Waals surface area contributed by atoms with Crippen LogP contribution in [0, 0.1) is 13.8 Å². The van der Waals surface area contributed by atoms with Crippen molar-refractivity contribution >= 4 is 88.8 Å². The van der Waals surface area contributed by atoms with E-state index in [0.29, 0.717) is 0 Å². The molecule has 13 aromatic carbocycles. The van der Waals surface area contributed by atoms with Crippen molar-refractivity contribution in [3.63, 3.8) is 0 Å². The Hall–Kier alpha value is -10.7. The van der Waals surface area contributed by atoms with Gasteiger partial charge in [-0.05, 0) is 129 Å². The number of nitrogens with zero attached hydrogens (tertiary/aromatic N) is 2. The van der Waals surface area contributed by atoms with Crippen LogP contribution in [0.5, 0.6) is 0 Å². The maximum atomic E-state index is 7.31. The number of anilines is 6. The van der Waals surface area contributed by atoms with Crippen LogP contribution in [0.3, 0.4) is 0 Å². The molecule has 0 saturated heterocycles. The molecule has 16 rings (SSSR count). The summed E-state index contributed by atoms with van der Waals surface area (Å²) < 4.78 is 14.6. The summed E-state index contributed by atoms with van der Waals surface area (Å²) in [5, 5.41) is 6.60. The van der Waals surface area contributed by atoms with Crippen molar-refractivity contribution in [2.24, 2.45) is 0 Å². The highest BCUT2D eigenvalue weighted by molar-refractivity contribution is 6.17. The molecule has 0 amide bonds. The van der Waals surface area contributed by atoms with Crippen molar-refractivity contribution in [3.05, 3.63) is 325 Å². The maximum Gasteiger partial charge on any atom is 0.159 e. The molecule has 4 nitrogen and oxygen atoms in total. The van der Waals surface area contributed by atoms with E-state index in [0.717, 1.165) is 106 Å². The molecule has 0 unspecified atom stereocenters. The van der Waals surface area contributed by atoms with Gasteiger partial charge in [0, 0.05) is 55.1 Å². The summed E-state index contributed by atoms with van der Waals surface area (Å²) in [4.78, 5) is 4.83. The van der Waals surface area contributed by atoms with E-state index in [-0.39, 0.29) is 0 Å². The summed E-state index contributed by atoms with van der Waals surface area (Å²) in [5.74, 6) is 0. The van der Waals surface area contributed by atoms with Crippen molar-refractivity contribution in [2.75, 3.05) is 9.80 Å². The van der Waals surface area contributed by atoms with Gasteiger partial charge >= 0.3 is 0 Å². The Morgan fingerprint density at radius 3 is 1.20 bits per heavy atom. The Balaban J connectivity index is 0.970. The summed E-state index contributed by atoms with van der Waals surface area (Å²) in [6.07, 6.45) is 0. The van der Waals surface area contributed by atoms with Crippen LogP contribution in [-0.2, 0) is 5.41 Å². The average Bonchev–Trinajstić information content (AvgIpc) is 3.87. The summed E-state index contributed by atoms with van der Waals surface area (Å²) in [6.45, 7) is 4.34. The molecular weight excluding hydrogens is 1010 g/mol. The quantitative estimate of drug-likeness (QED) is 0.137. The second-order valence-electron chi connectivity index (χ2n) is 21.9. The van der Waals surface area contributed by atoms with E-state index >= 15 is 0 Å². The minimum Gasteiger partial charge on any atom is -0.453 e. The first kappa shape index (κ1) is 48.2. The Bertz CT molecular complexity index is 4960. The zero-order valence-corrected chi connectivity index (χ0v) is 45.9. The molecule has 0 bridgehead atoms. The van der Waals surface area contributed by atoms with Crippen molar-refractivity contribution in [1.82, 2.24) is 0 Å². The minimum absolute atomic E-state index is 0.797. The highest BCUT2D eigenvalue weighted by atomic mass is 16.3. The van der Waals surface area contributed by atoms with E-state index in [4.69, 9.17) is 8.83 Å². The molecule has 0 saturated carbocycles. The summed E-state index contributed by atoms with van der Waals surface area (Å²) in [6, 6.07) is 106. The monoisotopic (exact) mass is 1060 g/mol. The van der Waals surface area contributed by atoms with Gasteiger partial charge < -0.3 is 18.6 Å². The summed E-state index contributed by atoms with van der Waals surface area (Å²) in [7, 11) is 0. The second-order valence-corrected chi connectivity index (χ2v) is 21.9. The molecule has 83 heavy (non-hydrogen) atoms. The number of rotatable bonds is 10. The fourth-order valence-corrected chi connectivity index (χ4v) is 13.8. The number of aryl methyl sites for hydroxylation is 2. The maximum absolute atomic E-state index is 7.31. The molecule has 0 aliphatic heterocycles. The molecule has 2 heterocycles. The molecule has 1 aliphatic carbocycles. The van der Waals surface area contributed by atoms with Gasteiger partial charge in [-0.1, -0.05) is 237 Å². The topological polar surface area (TPSA) is 32.8 Å². The first-order valence-electron chi connectivity index (χ1n) is 28.6.